The number of thiophene rings is 1. The summed E-state index contributed by atoms with van der Waals surface area (Å²) in [6.45, 7) is 4.64. The minimum Gasteiger partial charge on any atom is -0.377 e. The van der Waals surface area contributed by atoms with E-state index in [2.05, 4.69) is 40.1 Å². The summed E-state index contributed by atoms with van der Waals surface area (Å²) in [5.41, 5.74) is 1.36. The van der Waals surface area contributed by atoms with E-state index in [1.54, 1.807) is 23.6 Å². The first-order valence-corrected chi connectivity index (χ1v) is 7.66. The molecule has 0 aliphatic carbocycles. The van der Waals surface area contributed by atoms with Gasteiger partial charge in [0.25, 0.3) is 5.91 Å². The third kappa shape index (κ3) is 3.57. The Labute approximate surface area is 123 Å². The molecule has 2 heterocycles. The average Bonchev–Trinajstić information content (AvgIpc) is 2.99. The third-order valence-electron chi connectivity index (χ3n) is 2.97. The van der Waals surface area contributed by atoms with Crippen molar-refractivity contribution in [2.24, 2.45) is 0 Å². The van der Waals surface area contributed by atoms with Crippen molar-refractivity contribution in [3.63, 3.8) is 0 Å². The Morgan fingerprint density at radius 3 is 2.90 bits per heavy atom. The van der Waals surface area contributed by atoms with Gasteiger partial charge in [0, 0.05) is 23.3 Å². The molecule has 2 rings (SSSR count). The fourth-order valence-electron chi connectivity index (χ4n) is 1.96. The standard InChI is InChI=1S/C15H19N3OS/c1-3-12(14-6-5-9-20-14)18-11-7-8-17-13(10-11)15(19)16-4-2/h5-10,12H,3-4H2,1-2H3,(H,16,19)(H,17,18). The monoisotopic (exact) mass is 289 g/mol. The Hall–Kier alpha value is -1.88. The molecule has 1 atom stereocenters. The highest BCUT2D eigenvalue weighted by Crippen LogP contribution is 2.26. The molecular formula is C15H19N3OS. The Kier molecular flexibility index (Phi) is 5.12. The van der Waals surface area contributed by atoms with Gasteiger partial charge in [-0.1, -0.05) is 13.0 Å². The van der Waals surface area contributed by atoms with E-state index >= 15 is 0 Å². The largest absolute Gasteiger partial charge is 0.377 e. The van der Waals surface area contributed by atoms with Gasteiger partial charge in [0.15, 0.2) is 0 Å². The molecule has 2 aromatic heterocycles. The summed E-state index contributed by atoms with van der Waals surface area (Å²) >= 11 is 1.74. The van der Waals surface area contributed by atoms with E-state index in [4.69, 9.17) is 0 Å². The van der Waals surface area contributed by atoms with E-state index in [0.717, 1.165) is 12.1 Å². The van der Waals surface area contributed by atoms with Crippen LogP contribution >= 0.6 is 11.3 Å². The highest BCUT2D eigenvalue weighted by molar-refractivity contribution is 7.10. The highest BCUT2D eigenvalue weighted by Gasteiger charge is 2.12. The van der Waals surface area contributed by atoms with Crippen molar-refractivity contribution in [2.75, 3.05) is 11.9 Å². The van der Waals surface area contributed by atoms with Crippen molar-refractivity contribution in [1.82, 2.24) is 10.3 Å². The van der Waals surface area contributed by atoms with E-state index in [-0.39, 0.29) is 11.9 Å². The van der Waals surface area contributed by atoms with Crippen LogP contribution in [0.1, 0.15) is 41.7 Å². The Morgan fingerprint density at radius 1 is 1.40 bits per heavy atom. The summed E-state index contributed by atoms with van der Waals surface area (Å²) in [7, 11) is 0. The SMILES string of the molecule is CCNC(=O)c1cc(NC(CC)c2cccs2)ccn1. The first-order valence-electron chi connectivity index (χ1n) is 6.78. The van der Waals surface area contributed by atoms with Gasteiger partial charge in [-0.15, -0.1) is 11.3 Å². The first kappa shape index (κ1) is 14.5. The summed E-state index contributed by atoms with van der Waals surface area (Å²) in [6.07, 6.45) is 2.65. The predicted molar refractivity (Wildman–Crippen MR) is 83.2 cm³/mol. The lowest BCUT2D eigenvalue weighted by Crippen LogP contribution is -2.23. The van der Waals surface area contributed by atoms with Gasteiger partial charge < -0.3 is 10.6 Å². The second kappa shape index (κ2) is 7.05. The number of pyridine rings is 1. The van der Waals surface area contributed by atoms with Crippen LogP contribution < -0.4 is 10.6 Å². The lowest BCUT2D eigenvalue weighted by atomic mass is 10.1. The number of aromatic nitrogens is 1. The third-order valence-corrected chi connectivity index (χ3v) is 3.95. The molecule has 0 spiro atoms. The molecule has 2 aromatic rings. The summed E-state index contributed by atoms with van der Waals surface area (Å²) < 4.78 is 0. The summed E-state index contributed by atoms with van der Waals surface area (Å²) in [4.78, 5) is 17.2. The molecule has 1 amide bonds. The van der Waals surface area contributed by atoms with Crippen molar-refractivity contribution in [3.8, 4) is 0 Å². The Balaban J connectivity index is 2.13. The zero-order valence-corrected chi connectivity index (χ0v) is 12.5. The number of carbonyl (C=O) groups excluding carboxylic acids is 1. The maximum Gasteiger partial charge on any atom is 0.269 e. The molecule has 4 nitrogen and oxygen atoms in total. The lowest BCUT2D eigenvalue weighted by Gasteiger charge is -2.17. The van der Waals surface area contributed by atoms with Crippen LogP contribution in [0.5, 0.6) is 0 Å². The molecule has 0 radical (unpaired) electrons. The number of nitrogens with one attached hydrogen (secondary N) is 2. The molecule has 0 saturated heterocycles. The average molecular weight is 289 g/mol. The zero-order chi connectivity index (χ0) is 14.4. The van der Waals surface area contributed by atoms with Crippen LogP contribution in [-0.2, 0) is 0 Å². The van der Waals surface area contributed by atoms with Crippen molar-refractivity contribution >= 4 is 22.9 Å². The number of hydrogen-bond donors (Lipinski definition) is 2. The molecule has 20 heavy (non-hydrogen) atoms. The molecule has 0 aliphatic rings. The number of carbonyl (C=O) groups is 1. The minimum absolute atomic E-state index is 0.139. The van der Waals surface area contributed by atoms with Crippen LogP contribution in [-0.4, -0.2) is 17.4 Å². The molecule has 0 fully saturated rings. The molecule has 106 valence electrons. The lowest BCUT2D eigenvalue weighted by molar-refractivity contribution is 0.0951. The predicted octanol–water partition coefficient (Wildman–Crippen LogP) is 3.46. The number of amides is 1. The van der Waals surface area contributed by atoms with Crippen LogP contribution in [0.15, 0.2) is 35.8 Å². The van der Waals surface area contributed by atoms with Gasteiger partial charge in [-0.2, -0.15) is 0 Å². The fraction of sp³-hybridized carbons (Fsp3) is 0.333. The number of nitrogens with zero attached hydrogens (tertiary/aromatic N) is 1. The smallest absolute Gasteiger partial charge is 0.269 e. The van der Waals surface area contributed by atoms with Crippen LogP contribution in [0.25, 0.3) is 0 Å². The van der Waals surface area contributed by atoms with E-state index in [0.29, 0.717) is 12.2 Å². The molecule has 1 unspecified atom stereocenters. The van der Waals surface area contributed by atoms with Gasteiger partial charge in [0.2, 0.25) is 0 Å². The molecule has 2 N–H and O–H groups in total. The molecule has 0 bridgehead atoms. The van der Waals surface area contributed by atoms with Gasteiger partial charge in [0.1, 0.15) is 5.69 Å². The number of hydrogen-bond acceptors (Lipinski definition) is 4. The van der Waals surface area contributed by atoms with Crippen LogP contribution in [0.4, 0.5) is 5.69 Å². The topological polar surface area (TPSA) is 54.0 Å². The minimum atomic E-state index is -0.139. The van der Waals surface area contributed by atoms with Crippen molar-refractivity contribution in [3.05, 3.63) is 46.4 Å². The first-order chi connectivity index (χ1) is 9.74. The van der Waals surface area contributed by atoms with E-state index in [1.807, 2.05) is 13.0 Å². The Morgan fingerprint density at radius 2 is 2.25 bits per heavy atom. The van der Waals surface area contributed by atoms with Crippen LogP contribution in [0.3, 0.4) is 0 Å². The van der Waals surface area contributed by atoms with Crippen LogP contribution in [0.2, 0.25) is 0 Å². The molecule has 0 saturated carbocycles. The maximum atomic E-state index is 11.8. The van der Waals surface area contributed by atoms with Crippen LogP contribution in [0, 0.1) is 0 Å². The highest BCUT2D eigenvalue weighted by atomic mass is 32.1. The summed E-state index contributed by atoms with van der Waals surface area (Å²) in [6, 6.07) is 8.12. The van der Waals surface area contributed by atoms with E-state index in [1.165, 1.54) is 4.88 Å². The zero-order valence-electron chi connectivity index (χ0n) is 11.7. The summed E-state index contributed by atoms with van der Waals surface area (Å²) in [5.74, 6) is -0.139. The van der Waals surface area contributed by atoms with E-state index in [9.17, 15) is 4.79 Å². The number of rotatable bonds is 6. The number of anilines is 1. The van der Waals surface area contributed by atoms with Crippen molar-refractivity contribution in [2.45, 2.75) is 26.3 Å². The fourth-order valence-corrected chi connectivity index (χ4v) is 2.82. The van der Waals surface area contributed by atoms with Crippen molar-refractivity contribution < 1.29 is 4.79 Å². The molecule has 0 aliphatic heterocycles. The molecular weight excluding hydrogens is 270 g/mol. The van der Waals surface area contributed by atoms with Crippen molar-refractivity contribution in [1.29, 1.82) is 0 Å². The van der Waals surface area contributed by atoms with Gasteiger partial charge in [0.05, 0.1) is 6.04 Å². The quantitative estimate of drug-likeness (QED) is 0.856. The molecule has 5 heteroatoms. The van der Waals surface area contributed by atoms with Gasteiger partial charge >= 0.3 is 0 Å². The second-order valence-electron chi connectivity index (χ2n) is 4.41. The maximum absolute atomic E-state index is 11.8. The van der Waals surface area contributed by atoms with E-state index < -0.39 is 0 Å². The normalized spacial score (nSPS) is 11.9. The van der Waals surface area contributed by atoms with Gasteiger partial charge in [-0.05, 0) is 36.9 Å². The Bertz CT molecular complexity index is 554. The summed E-state index contributed by atoms with van der Waals surface area (Å²) in [5, 5.41) is 8.29. The second-order valence-corrected chi connectivity index (χ2v) is 5.39. The molecule has 0 aromatic carbocycles. The van der Waals surface area contributed by atoms with Gasteiger partial charge in [-0.3, -0.25) is 9.78 Å². The van der Waals surface area contributed by atoms with Gasteiger partial charge in [-0.25, -0.2) is 0 Å².